The molecule has 14 heteroatoms. The highest BCUT2D eigenvalue weighted by molar-refractivity contribution is 6.10. The van der Waals surface area contributed by atoms with Gasteiger partial charge in [-0.2, -0.15) is 44.5 Å². The maximum absolute atomic E-state index is 13.9. The summed E-state index contributed by atoms with van der Waals surface area (Å²) in [6, 6.07) is 9.53. The number of hydrogen-bond donors (Lipinski definition) is 0. The van der Waals surface area contributed by atoms with Crippen LogP contribution in [0.3, 0.4) is 0 Å². The van der Waals surface area contributed by atoms with Gasteiger partial charge in [-0.15, -0.1) is 0 Å². The summed E-state index contributed by atoms with van der Waals surface area (Å²) >= 11 is 0. The minimum absolute atomic E-state index is 0.0446. The Labute approximate surface area is 269 Å². The molecule has 0 N–H and O–H groups in total. The van der Waals surface area contributed by atoms with Gasteiger partial charge in [0, 0.05) is 29.7 Å². The van der Waals surface area contributed by atoms with Crippen molar-refractivity contribution in [3.63, 3.8) is 0 Å². The molecule has 252 valence electrons. The van der Waals surface area contributed by atoms with Crippen LogP contribution < -0.4 is 4.90 Å². The fourth-order valence-corrected chi connectivity index (χ4v) is 5.99. The zero-order chi connectivity index (χ0) is 35.5. The summed E-state index contributed by atoms with van der Waals surface area (Å²) < 4.78 is 126. The first kappa shape index (κ1) is 34.5. The van der Waals surface area contributed by atoms with Crippen LogP contribution in [0, 0.1) is 27.7 Å². The molecule has 0 radical (unpaired) electrons. The highest BCUT2D eigenvalue weighted by Gasteiger charge is 2.36. The number of rotatable bonds is 5. The van der Waals surface area contributed by atoms with Crippen LogP contribution in [0.5, 0.6) is 0 Å². The van der Waals surface area contributed by atoms with E-state index in [4.69, 9.17) is 0 Å². The SMILES string of the molecule is CN=C(/C=C(\C)N(c1nccc(-n2c3ccc(C(F)(F)F)cc3c3cc(C(F)(F)F)cc(C)c32)n1)c1c(C)cc(C)cc1C)C(F)(F)F. The molecule has 0 spiro atoms. The fourth-order valence-electron chi connectivity index (χ4n) is 5.99. The molecule has 5 nitrogen and oxygen atoms in total. The summed E-state index contributed by atoms with van der Waals surface area (Å²) in [6.07, 6.45) is -12.2. The average molecular weight is 678 g/mol. The normalized spacial score (nSPS) is 13.6. The summed E-state index contributed by atoms with van der Waals surface area (Å²) in [6.45, 7) is 8.22. The number of fused-ring (bicyclic) bond motifs is 3. The van der Waals surface area contributed by atoms with E-state index < -0.39 is 35.4 Å². The fraction of sp³-hybridized carbons (Fsp3) is 0.265. The topological polar surface area (TPSA) is 46.3 Å². The van der Waals surface area contributed by atoms with E-state index in [1.807, 2.05) is 19.1 Å². The molecule has 5 aromatic rings. The van der Waals surface area contributed by atoms with Gasteiger partial charge >= 0.3 is 18.5 Å². The zero-order valence-electron chi connectivity index (χ0n) is 26.4. The van der Waals surface area contributed by atoms with Gasteiger partial charge in [0.2, 0.25) is 5.95 Å². The number of alkyl halides is 9. The largest absolute Gasteiger partial charge is 0.432 e. The lowest BCUT2D eigenvalue weighted by Crippen LogP contribution is -2.25. The molecule has 0 aliphatic rings. The second-order valence-corrected chi connectivity index (χ2v) is 11.4. The number of aryl methyl sites for hydroxylation is 4. The van der Waals surface area contributed by atoms with Crippen molar-refractivity contribution in [3.8, 4) is 5.82 Å². The summed E-state index contributed by atoms with van der Waals surface area (Å²) in [5, 5.41) is -0.183. The first-order valence-electron chi connectivity index (χ1n) is 14.4. The van der Waals surface area contributed by atoms with Crippen molar-refractivity contribution in [1.29, 1.82) is 0 Å². The van der Waals surface area contributed by atoms with Crippen LogP contribution >= 0.6 is 0 Å². The van der Waals surface area contributed by atoms with Crippen LogP contribution in [-0.4, -0.2) is 33.5 Å². The third kappa shape index (κ3) is 6.35. The smallest absolute Gasteiger partial charge is 0.293 e. The standard InChI is InChI=1S/C34H28F9N5/c1-17-11-18(2)29(19(3)12-17)47(21(5)14-27(44-6)34(41,42)43)31-45-10-9-28(46-31)48-26-8-7-22(32(35,36)37)15-24(26)25-16-23(33(38,39)40)13-20(4)30(25)48/h7-16H,1-6H3/b21-14+,44-27?. The van der Waals surface area contributed by atoms with Crippen molar-refractivity contribution in [2.24, 2.45) is 4.99 Å². The van der Waals surface area contributed by atoms with E-state index in [0.717, 1.165) is 49.0 Å². The first-order chi connectivity index (χ1) is 22.2. The molecule has 0 atom stereocenters. The van der Waals surface area contributed by atoms with Crippen LogP contribution in [0.15, 0.2) is 71.5 Å². The molecule has 2 aromatic heterocycles. The van der Waals surface area contributed by atoms with Gasteiger partial charge in [0.25, 0.3) is 0 Å². The number of allylic oxidation sites excluding steroid dienone is 2. The second-order valence-electron chi connectivity index (χ2n) is 11.4. The van der Waals surface area contributed by atoms with Crippen LogP contribution in [-0.2, 0) is 12.4 Å². The summed E-state index contributed by atoms with van der Waals surface area (Å²) in [5.74, 6) is -0.0385. The predicted molar refractivity (Wildman–Crippen MR) is 167 cm³/mol. The maximum atomic E-state index is 13.9. The van der Waals surface area contributed by atoms with Gasteiger partial charge in [0.05, 0.1) is 27.8 Å². The molecular weight excluding hydrogens is 649 g/mol. The van der Waals surface area contributed by atoms with Crippen molar-refractivity contribution >= 4 is 39.2 Å². The number of aromatic nitrogens is 3. The maximum Gasteiger partial charge on any atom is 0.432 e. The first-order valence-corrected chi connectivity index (χ1v) is 14.4. The predicted octanol–water partition coefficient (Wildman–Crippen LogP) is 10.5. The van der Waals surface area contributed by atoms with Gasteiger partial charge < -0.3 is 0 Å². The van der Waals surface area contributed by atoms with Crippen LogP contribution in [0.4, 0.5) is 51.1 Å². The molecule has 0 fully saturated rings. The lowest BCUT2D eigenvalue weighted by atomic mass is 10.0. The lowest BCUT2D eigenvalue weighted by Gasteiger charge is -2.28. The number of halogens is 9. The monoisotopic (exact) mass is 677 g/mol. The van der Waals surface area contributed by atoms with Crippen LogP contribution in [0.2, 0.25) is 0 Å². The lowest BCUT2D eigenvalue weighted by molar-refractivity contribution is -0.138. The van der Waals surface area contributed by atoms with E-state index in [2.05, 4.69) is 15.0 Å². The molecule has 0 amide bonds. The number of nitrogens with zero attached hydrogens (tertiary/aromatic N) is 5. The van der Waals surface area contributed by atoms with Gasteiger partial charge in [-0.25, -0.2) is 4.98 Å². The molecule has 0 saturated carbocycles. The van der Waals surface area contributed by atoms with Crippen LogP contribution in [0.25, 0.3) is 27.6 Å². The Kier molecular flexibility index (Phi) is 8.60. The van der Waals surface area contributed by atoms with Crippen LogP contribution in [0.1, 0.15) is 40.3 Å². The molecule has 0 saturated heterocycles. The van der Waals surface area contributed by atoms with Gasteiger partial charge in [-0.05, 0) is 93.8 Å². The molecule has 48 heavy (non-hydrogen) atoms. The number of aliphatic imine (C=N–C) groups is 1. The molecule has 0 unspecified atom stereocenters. The second kappa shape index (κ2) is 12.0. The third-order valence-electron chi connectivity index (χ3n) is 7.85. The average Bonchev–Trinajstić information content (AvgIpc) is 3.30. The zero-order valence-corrected chi connectivity index (χ0v) is 26.4. The van der Waals surface area contributed by atoms with Gasteiger partial charge in [-0.3, -0.25) is 14.5 Å². The minimum atomic E-state index is -4.78. The Bertz CT molecular complexity index is 2090. The minimum Gasteiger partial charge on any atom is -0.293 e. The Morgan fingerprint density at radius 3 is 1.94 bits per heavy atom. The summed E-state index contributed by atoms with van der Waals surface area (Å²) in [4.78, 5) is 13.8. The van der Waals surface area contributed by atoms with Crippen molar-refractivity contribution in [3.05, 3.63) is 99.9 Å². The Morgan fingerprint density at radius 2 is 1.38 bits per heavy atom. The van der Waals surface area contributed by atoms with Crippen molar-refractivity contribution in [1.82, 2.24) is 14.5 Å². The summed E-state index contributed by atoms with van der Waals surface area (Å²) in [5.41, 5.74) is -0.0647. The molecule has 5 rings (SSSR count). The summed E-state index contributed by atoms with van der Waals surface area (Å²) in [7, 11) is 1.01. The van der Waals surface area contributed by atoms with Crippen molar-refractivity contribution < 1.29 is 39.5 Å². The van der Waals surface area contributed by atoms with Gasteiger partial charge in [-0.1, -0.05) is 17.7 Å². The third-order valence-corrected chi connectivity index (χ3v) is 7.85. The highest BCUT2D eigenvalue weighted by atomic mass is 19.4. The van der Waals surface area contributed by atoms with E-state index >= 15 is 0 Å². The molecule has 0 bridgehead atoms. The van der Waals surface area contributed by atoms with E-state index in [9.17, 15) is 39.5 Å². The Hall–Kier alpha value is -4.88. The molecule has 0 aliphatic heterocycles. The van der Waals surface area contributed by atoms with Crippen molar-refractivity contribution in [2.45, 2.75) is 53.1 Å². The van der Waals surface area contributed by atoms with E-state index in [-0.39, 0.29) is 44.8 Å². The number of hydrogen-bond acceptors (Lipinski definition) is 4. The van der Waals surface area contributed by atoms with Crippen molar-refractivity contribution in [2.75, 3.05) is 11.9 Å². The molecule has 3 aromatic carbocycles. The molecule has 0 aliphatic carbocycles. The molecular formula is C34H28F9N5. The van der Waals surface area contributed by atoms with E-state index in [1.165, 1.54) is 35.6 Å². The Morgan fingerprint density at radius 1 is 0.771 bits per heavy atom. The van der Waals surface area contributed by atoms with Gasteiger partial charge in [0.1, 0.15) is 11.5 Å². The molecule has 2 heterocycles. The number of anilines is 2. The quantitative estimate of drug-likeness (QED) is 0.137. The Balaban J connectivity index is 1.84. The van der Waals surface area contributed by atoms with E-state index in [1.54, 1.807) is 13.8 Å². The van der Waals surface area contributed by atoms with E-state index in [0.29, 0.717) is 16.8 Å². The highest BCUT2D eigenvalue weighted by Crippen LogP contribution is 2.42. The van der Waals surface area contributed by atoms with Gasteiger partial charge in [0.15, 0.2) is 0 Å². The number of benzene rings is 3.